The molecule has 1 fully saturated rings. The van der Waals surface area contributed by atoms with Crippen LogP contribution in [0.2, 0.25) is 0 Å². The molecule has 0 aliphatic heterocycles. The number of nitrogens with one attached hydrogen (secondary N) is 1. The van der Waals surface area contributed by atoms with Crippen LogP contribution in [-0.2, 0) is 4.79 Å². The summed E-state index contributed by atoms with van der Waals surface area (Å²) in [7, 11) is 0. The van der Waals surface area contributed by atoms with Crippen molar-refractivity contribution in [3.63, 3.8) is 0 Å². The van der Waals surface area contributed by atoms with Gasteiger partial charge < -0.3 is 25.7 Å². The Bertz CT molecular complexity index is 480. The first-order valence-electron chi connectivity index (χ1n) is 10.7. The van der Waals surface area contributed by atoms with E-state index in [0.29, 0.717) is 25.8 Å². The van der Waals surface area contributed by atoms with E-state index in [1.165, 1.54) is 0 Å². The summed E-state index contributed by atoms with van der Waals surface area (Å²) in [6, 6.07) is 0. The normalized spacial score (nSPS) is 26.3. The van der Waals surface area contributed by atoms with Gasteiger partial charge in [0, 0.05) is 25.3 Å². The zero-order valence-electron chi connectivity index (χ0n) is 17.2. The lowest BCUT2D eigenvalue weighted by molar-refractivity contribution is -0.121. The fraction of sp³-hybridized carbons (Fsp3) is 0.773. The molecule has 1 saturated carbocycles. The van der Waals surface area contributed by atoms with Crippen molar-refractivity contribution in [2.45, 2.75) is 83.0 Å². The summed E-state index contributed by atoms with van der Waals surface area (Å²) in [4.78, 5) is 11.4. The van der Waals surface area contributed by atoms with Crippen LogP contribution < -0.4 is 5.32 Å². The molecular weight excluding hydrogens is 358 g/mol. The van der Waals surface area contributed by atoms with Gasteiger partial charge in [-0.3, -0.25) is 4.79 Å². The summed E-state index contributed by atoms with van der Waals surface area (Å²) < 4.78 is 0. The van der Waals surface area contributed by atoms with E-state index in [2.05, 4.69) is 12.2 Å². The predicted octanol–water partition coefficient (Wildman–Crippen LogP) is 2.07. The van der Waals surface area contributed by atoms with E-state index < -0.39 is 18.3 Å². The molecule has 0 heterocycles. The summed E-state index contributed by atoms with van der Waals surface area (Å²) in [6.45, 7) is 2.37. The highest BCUT2D eigenvalue weighted by atomic mass is 16.3. The van der Waals surface area contributed by atoms with Crippen LogP contribution >= 0.6 is 0 Å². The second-order valence-corrected chi connectivity index (χ2v) is 7.73. The van der Waals surface area contributed by atoms with Crippen molar-refractivity contribution in [3.05, 3.63) is 24.3 Å². The molecule has 0 aromatic rings. The van der Waals surface area contributed by atoms with Crippen molar-refractivity contribution in [1.82, 2.24) is 5.32 Å². The molecule has 5 atom stereocenters. The third-order valence-electron chi connectivity index (χ3n) is 5.36. The first kappa shape index (κ1) is 24.8. The summed E-state index contributed by atoms with van der Waals surface area (Å²) in [5, 5.41) is 41.8. The number of carbonyl (C=O) groups excluding carboxylic acids is 1. The van der Waals surface area contributed by atoms with Gasteiger partial charge in [0.05, 0.1) is 24.9 Å². The van der Waals surface area contributed by atoms with Crippen LogP contribution in [0.5, 0.6) is 0 Å². The number of aliphatic hydroxyl groups is 4. The minimum absolute atomic E-state index is 0.0490. The molecular formula is C22H39NO5. The zero-order chi connectivity index (χ0) is 20.8. The Morgan fingerprint density at radius 1 is 1.18 bits per heavy atom. The number of hydrogen-bond donors (Lipinski definition) is 5. The average Bonchev–Trinajstić information content (AvgIpc) is 2.94. The maximum absolute atomic E-state index is 11.4. The molecule has 1 rings (SSSR count). The fourth-order valence-electron chi connectivity index (χ4n) is 3.70. The number of hydrogen-bond acceptors (Lipinski definition) is 5. The molecule has 0 radical (unpaired) electrons. The number of unbranched alkanes of at least 4 members (excludes halogenated alkanes) is 3. The van der Waals surface area contributed by atoms with Gasteiger partial charge in [0.2, 0.25) is 5.91 Å². The summed E-state index contributed by atoms with van der Waals surface area (Å²) >= 11 is 0. The number of aliphatic hydroxyl groups excluding tert-OH is 4. The molecule has 0 aromatic heterocycles. The highest BCUT2D eigenvalue weighted by Gasteiger charge is 2.39. The second-order valence-electron chi connectivity index (χ2n) is 7.73. The molecule has 1 amide bonds. The molecule has 0 bridgehead atoms. The van der Waals surface area contributed by atoms with Gasteiger partial charge in [0.25, 0.3) is 0 Å². The van der Waals surface area contributed by atoms with Gasteiger partial charge in [0.1, 0.15) is 0 Å². The lowest BCUT2D eigenvalue weighted by Crippen LogP contribution is -2.25. The number of amides is 1. The molecule has 1 aliphatic rings. The van der Waals surface area contributed by atoms with Gasteiger partial charge in [-0.15, -0.1) is 0 Å². The Morgan fingerprint density at radius 3 is 2.68 bits per heavy atom. The van der Waals surface area contributed by atoms with Crippen LogP contribution in [0.1, 0.15) is 64.7 Å². The van der Waals surface area contributed by atoms with Crippen molar-refractivity contribution in [2.75, 3.05) is 13.2 Å². The standard InChI is InChI=1S/C22H39NO5/c1-2-3-6-9-17(25)12-13-19-18(20(26)16-21(19)27)10-7-4-5-8-11-22(28)23-14-15-24/h4,7,12-13,17-21,24-27H,2-3,5-6,8-11,14-16H2,1H3,(H,23,28)/b7-4+,13-12+/t17-,18+,19+,20-,21-/m0/s1. The molecule has 5 N–H and O–H groups in total. The van der Waals surface area contributed by atoms with Gasteiger partial charge in [0.15, 0.2) is 0 Å². The molecule has 162 valence electrons. The van der Waals surface area contributed by atoms with Crippen LogP contribution in [0.25, 0.3) is 0 Å². The van der Waals surface area contributed by atoms with Crippen molar-refractivity contribution in [3.8, 4) is 0 Å². The number of rotatable bonds is 14. The fourth-order valence-corrected chi connectivity index (χ4v) is 3.70. The first-order valence-corrected chi connectivity index (χ1v) is 10.7. The van der Waals surface area contributed by atoms with E-state index in [4.69, 9.17) is 5.11 Å². The van der Waals surface area contributed by atoms with Crippen molar-refractivity contribution < 1.29 is 25.2 Å². The highest BCUT2D eigenvalue weighted by Crippen LogP contribution is 2.36. The second kappa shape index (κ2) is 14.7. The minimum Gasteiger partial charge on any atom is -0.395 e. The Hall–Kier alpha value is -1.21. The smallest absolute Gasteiger partial charge is 0.220 e. The molecule has 0 saturated heterocycles. The molecule has 0 spiro atoms. The van der Waals surface area contributed by atoms with Crippen molar-refractivity contribution in [2.24, 2.45) is 11.8 Å². The molecule has 6 nitrogen and oxygen atoms in total. The van der Waals surface area contributed by atoms with E-state index >= 15 is 0 Å². The van der Waals surface area contributed by atoms with Crippen LogP contribution in [0, 0.1) is 11.8 Å². The lowest BCUT2D eigenvalue weighted by atomic mass is 9.89. The largest absolute Gasteiger partial charge is 0.395 e. The van der Waals surface area contributed by atoms with E-state index in [1.807, 2.05) is 18.2 Å². The van der Waals surface area contributed by atoms with Crippen LogP contribution in [0.3, 0.4) is 0 Å². The topological polar surface area (TPSA) is 110 Å². The van der Waals surface area contributed by atoms with E-state index in [-0.39, 0.29) is 24.3 Å². The number of carbonyl (C=O) groups is 1. The minimum atomic E-state index is -0.581. The van der Waals surface area contributed by atoms with E-state index in [9.17, 15) is 20.1 Å². The zero-order valence-corrected chi connectivity index (χ0v) is 17.2. The molecule has 1 aliphatic carbocycles. The summed E-state index contributed by atoms with van der Waals surface area (Å²) in [6.07, 6.45) is 12.9. The third-order valence-corrected chi connectivity index (χ3v) is 5.36. The molecule has 0 aromatic carbocycles. The third kappa shape index (κ3) is 9.82. The summed E-state index contributed by atoms with van der Waals surface area (Å²) in [5.41, 5.74) is 0. The van der Waals surface area contributed by atoms with Crippen LogP contribution in [0.15, 0.2) is 24.3 Å². The monoisotopic (exact) mass is 397 g/mol. The Morgan fingerprint density at radius 2 is 1.96 bits per heavy atom. The molecule has 28 heavy (non-hydrogen) atoms. The first-order chi connectivity index (χ1) is 13.5. The van der Waals surface area contributed by atoms with Gasteiger partial charge >= 0.3 is 0 Å². The van der Waals surface area contributed by atoms with Gasteiger partial charge in [-0.25, -0.2) is 0 Å². The molecule has 6 heteroatoms. The Balaban J connectivity index is 2.39. The van der Waals surface area contributed by atoms with Crippen molar-refractivity contribution in [1.29, 1.82) is 0 Å². The summed E-state index contributed by atoms with van der Waals surface area (Å²) in [5.74, 6) is -0.262. The quantitative estimate of drug-likeness (QED) is 0.228. The van der Waals surface area contributed by atoms with Crippen molar-refractivity contribution >= 4 is 5.91 Å². The van der Waals surface area contributed by atoms with Gasteiger partial charge in [-0.2, -0.15) is 0 Å². The van der Waals surface area contributed by atoms with Crippen LogP contribution in [-0.4, -0.2) is 57.8 Å². The Kier molecular flexibility index (Phi) is 13.1. The highest BCUT2D eigenvalue weighted by molar-refractivity contribution is 5.75. The predicted molar refractivity (Wildman–Crippen MR) is 111 cm³/mol. The van der Waals surface area contributed by atoms with Gasteiger partial charge in [-0.05, 0) is 31.6 Å². The van der Waals surface area contributed by atoms with E-state index in [0.717, 1.165) is 38.5 Å². The molecule has 0 unspecified atom stereocenters. The lowest BCUT2D eigenvalue weighted by Gasteiger charge is -2.19. The van der Waals surface area contributed by atoms with E-state index in [1.54, 1.807) is 6.08 Å². The maximum atomic E-state index is 11.4. The maximum Gasteiger partial charge on any atom is 0.220 e. The average molecular weight is 398 g/mol. The SMILES string of the molecule is CCCCC[C@H](O)/C=C/[C@@H]1[C@@H](C/C=C/CCCC(=O)NCCO)[C@@H](O)C[C@@H]1O. The van der Waals surface area contributed by atoms with Gasteiger partial charge in [-0.1, -0.05) is 50.5 Å². The Labute approximate surface area is 169 Å². The van der Waals surface area contributed by atoms with Crippen LogP contribution in [0.4, 0.5) is 0 Å². The number of allylic oxidation sites excluding steroid dienone is 2.